The summed E-state index contributed by atoms with van der Waals surface area (Å²) in [6, 6.07) is 37.3. The van der Waals surface area contributed by atoms with Gasteiger partial charge >= 0.3 is 0 Å². The fraction of sp³-hybridized carbons (Fsp3) is 0.0645. The van der Waals surface area contributed by atoms with Gasteiger partial charge in [0.25, 0.3) is 0 Å². The third-order valence-corrected chi connectivity index (χ3v) is 5.89. The molecule has 0 atom stereocenters. The Bertz CT molecular complexity index is 1460. The van der Waals surface area contributed by atoms with E-state index in [-0.39, 0.29) is 0 Å². The van der Waals surface area contributed by atoms with Crippen molar-refractivity contribution in [3.8, 4) is 17.1 Å². The fourth-order valence-corrected chi connectivity index (χ4v) is 4.23. The van der Waals surface area contributed by atoms with Crippen molar-refractivity contribution in [2.45, 2.75) is 13.3 Å². The molecule has 0 saturated carbocycles. The molecule has 0 radical (unpaired) electrons. The molecular weight excluding hydrogens is 414 g/mol. The minimum atomic E-state index is 0.759. The second-order valence-electron chi connectivity index (χ2n) is 8.21. The zero-order valence-corrected chi connectivity index (χ0v) is 19.2. The number of nitrogens with two attached hydrogens (primary N) is 1. The maximum Gasteiger partial charge on any atom is 0.145 e. The van der Waals surface area contributed by atoms with Crippen LogP contribution in [0.5, 0.6) is 0 Å². The Morgan fingerprint density at radius 2 is 1.41 bits per heavy atom. The van der Waals surface area contributed by atoms with E-state index in [1.165, 1.54) is 0 Å². The summed E-state index contributed by atoms with van der Waals surface area (Å²) in [5.41, 5.74) is 14.7. The first kappa shape index (κ1) is 21.5. The quantitative estimate of drug-likeness (QED) is 0.278. The van der Waals surface area contributed by atoms with Gasteiger partial charge in [0, 0.05) is 16.9 Å². The summed E-state index contributed by atoms with van der Waals surface area (Å²) in [6.07, 6.45) is 5.20. The topological polar surface area (TPSA) is 43.8 Å². The van der Waals surface area contributed by atoms with Crippen LogP contribution in [0, 0.1) is 0 Å². The summed E-state index contributed by atoms with van der Waals surface area (Å²) < 4.78 is 2.22. The van der Waals surface area contributed by atoms with Crippen molar-refractivity contribution in [3.63, 3.8) is 0 Å². The zero-order chi connectivity index (χ0) is 23.3. The average Bonchev–Trinajstić information content (AvgIpc) is 3.29. The molecule has 5 aromatic rings. The molecule has 0 fully saturated rings. The number of allylic oxidation sites excluding steroid dienone is 3. The third-order valence-electron chi connectivity index (χ3n) is 5.89. The van der Waals surface area contributed by atoms with Crippen LogP contribution < -0.4 is 5.73 Å². The molecular formula is C31H27N3. The molecule has 0 saturated heterocycles. The Morgan fingerprint density at radius 3 is 2.12 bits per heavy atom. The minimum Gasteiger partial charge on any atom is -0.398 e. The van der Waals surface area contributed by atoms with Crippen LogP contribution in [0.15, 0.2) is 121 Å². The lowest BCUT2D eigenvalue weighted by atomic mass is 10.00. The summed E-state index contributed by atoms with van der Waals surface area (Å²) in [5.74, 6) is 0.930. The molecule has 0 bridgehead atoms. The van der Waals surface area contributed by atoms with Crippen molar-refractivity contribution in [3.05, 3.63) is 132 Å². The van der Waals surface area contributed by atoms with Gasteiger partial charge in [0.05, 0.1) is 11.0 Å². The van der Waals surface area contributed by atoms with E-state index in [9.17, 15) is 0 Å². The number of hydrogen-bond donors (Lipinski definition) is 1. The zero-order valence-electron chi connectivity index (χ0n) is 19.2. The number of aromatic nitrogens is 2. The third kappa shape index (κ3) is 4.28. The van der Waals surface area contributed by atoms with Crippen molar-refractivity contribution >= 4 is 22.3 Å². The molecule has 3 nitrogen and oxygen atoms in total. The first-order valence-electron chi connectivity index (χ1n) is 11.6. The summed E-state index contributed by atoms with van der Waals surface area (Å²) in [4.78, 5) is 4.97. The van der Waals surface area contributed by atoms with Crippen molar-refractivity contribution in [1.82, 2.24) is 9.55 Å². The Labute approximate surface area is 200 Å². The Hall–Kier alpha value is -4.37. The number of para-hydroxylation sites is 3. The maximum absolute atomic E-state index is 6.42. The van der Waals surface area contributed by atoms with Gasteiger partial charge in [0.2, 0.25) is 0 Å². The predicted octanol–water partition coefficient (Wildman–Crippen LogP) is 7.49. The SMILES string of the molecule is CC/C=C(\C=C(/N)c1ccccc1)c1ccc(-c2nc3ccccc3n2-c2ccccc2)cc1. The van der Waals surface area contributed by atoms with Crippen molar-refractivity contribution in [2.75, 3.05) is 0 Å². The van der Waals surface area contributed by atoms with Gasteiger partial charge in [-0.1, -0.05) is 97.9 Å². The highest BCUT2D eigenvalue weighted by molar-refractivity contribution is 5.85. The summed E-state index contributed by atoms with van der Waals surface area (Å²) in [7, 11) is 0. The molecule has 34 heavy (non-hydrogen) atoms. The summed E-state index contributed by atoms with van der Waals surface area (Å²) >= 11 is 0. The largest absolute Gasteiger partial charge is 0.398 e. The molecule has 0 aliphatic carbocycles. The standard InChI is InChI=1S/C31H27N3/c1-2-11-26(22-28(32)24-12-5-3-6-13-24)23-18-20-25(21-19-23)31-33-29-16-9-10-17-30(29)34(31)27-14-7-4-8-15-27/h3-22H,2,32H2,1H3/b26-11+,28-22-. The van der Waals surface area contributed by atoms with Crippen LogP contribution in [0.2, 0.25) is 0 Å². The lowest BCUT2D eigenvalue weighted by Gasteiger charge is -2.11. The van der Waals surface area contributed by atoms with Gasteiger partial charge in [-0.05, 0) is 53.5 Å². The fourth-order valence-electron chi connectivity index (χ4n) is 4.23. The number of hydrogen-bond acceptors (Lipinski definition) is 2. The second kappa shape index (κ2) is 9.63. The molecule has 166 valence electrons. The summed E-state index contributed by atoms with van der Waals surface area (Å²) in [6.45, 7) is 2.14. The molecule has 5 rings (SSSR count). The number of rotatable bonds is 6. The molecule has 1 aromatic heterocycles. The van der Waals surface area contributed by atoms with E-state index in [2.05, 4.69) is 90.4 Å². The van der Waals surface area contributed by atoms with E-state index in [1.807, 2.05) is 42.5 Å². The minimum absolute atomic E-state index is 0.759. The van der Waals surface area contributed by atoms with Crippen molar-refractivity contribution in [2.24, 2.45) is 5.73 Å². The molecule has 3 heteroatoms. The first-order valence-corrected chi connectivity index (χ1v) is 11.6. The monoisotopic (exact) mass is 441 g/mol. The lowest BCUT2D eigenvalue weighted by Crippen LogP contribution is -1.98. The van der Waals surface area contributed by atoms with E-state index in [1.54, 1.807) is 0 Å². The van der Waals surface area contributed by atoms with E-state index in [0.717, 1.165) is 56.9 Å². The van der Waals surface area contributed by atoms with Crippen LogP contribution in [0.4, 0.5) is 0 Å². The van der Waals surface area contributed by atoms with Crippen LogP contribution in [-0.2, 0) is 0 Å². The predicted molar refractivity (Wildman–Crippen MR) is 143 cm³/mol. The molecule has 4 aromatic carbocycles. The normalized spacial score (nSPS) is 12.3. The Morgan fingerprint density at radius 1 is 0.765 bits per heavy atom. The van der Waals surface area contributed by atoms with Crippen molar-refractivity contribution in [1.29, 1.82) is 0 Å². The van der Waals surface area contributed by atoms with Crippen molar-refractivity contribution < 1.29 is 0 Å². The van der Waals surface area contributed by atoms with Gasteiger partial charge in [-0.15, -0.1) is 0 Å². The van der Waals surface area contributed by atoms with Crippen LogP contribution in [0.25, 0.3) is 39.4 Å². The van der Waals surface area contributed by atoms with Crippen LogP contribution in [0.1, 0.15) is 24.5 Å². The molecule has 0 aliphatic rings. The summed E-state index contributed by atoms with van der Waals surface area (Å²) in [5, 5.41) is 0. The average molecular weight is 442 g/mol. The number of fused-ring (bicyclic) bond motifs is 1. The van der Waals surface area contributed by atoms with E-state index >= 15 is 0 Å². The van der Waals surface area contributed by atoms with Gasteiger partial charge in [-0.25, -0.2) is 4.98 Å². The van der Waals surface area contributed by atoms with Crippen LogP contribution >= 0.6 is 0 Å². The number of imidazole rings is 1. The first-order chi connectivity index (χ1) is 16.7. The molecule has 0 aliphatic heterocycles. The van der Waals surface area contributed by atoms with E-state index in [0.29, 0.717) is 0 Å². The van der Waals surface area contributed by atoms with Crippen LogP contribution in [0.3, 0.4) is 0 Å². The van der Waals surface area contributed by atoms with Gasteiger partial charge in [0.15, 0.2) is 0 Å². The molecule has 0 amide bonds. The van der Waals surface area contributed by atoms with Gasteiger partial charge < -0.3 is 5.73 Å². The Balaban J connectivity index is 1.55. The highest BCUT2D eigenvalue weighted by Gasteiger charge is 2.14. The van der Waals surface area contributed by atoms with Gasteiger partial charge in [-0.2, -0.15) is 0 Å². The van der Waals surface area contributed by atoms with Gasteiger partial charge in [0.1, 0.15) is 5.82 Å². The lowest BCUT2D eigenvalue weighted by molar-refractivity contribution is 1.10. The number of nitrogens with zero attached hydrogens (tertiary/aromatic N) is 2. The van der Waals surface area contributed by atoms with E-state index in [4.69, 9.17) is 10.7 Å². The molecule has 2 N–H and O–H groups in total. The molecule has 1 heterocycles. The van der Waals surface area contributed by atoms with Crippen LogP contribution in [-0.4, -0.2) is 9.55 Å². The highest BCUT2D eigenvalue weighted by Crippen LogP contribution is 2.30. The second-order valence-corrected chi connectivity index (χ2v) is 8.21. The highest BCUT2D eigenvalue weighted by atomic mass is 15.1. The molecule has 0 unspecified atom stereocenters. The molecule has 0 spiro atoms. The Kier molecular flexibility index (Phi) is 6.09. The van der Waals surface area contributed by atoms with Gasteiger partial charge in [-0.3, -0.25) is 4.57 Å². The maximum atomic E-state index is 6.42. The number of benzene rings is 4. The smallest absolute Gasteiger partial charge is 0.145 e. The van der Waals surface area contributed by atoms with E-state index < -0.39 is 0 Å².